The number of amides is 2. The van der Waals surface area contributed by atoms with Crippen molar-refractivity contribution in [3.05, 3.63) is 59.2 Å². The van der Waals surface area contributed by atoms with Gasteiger partial charge in [-0.15, -0.1) is 0 Å². The monoisotopic (exact) mass is 434 g/mol. The zero-order chi connectivity index (χ0) is 22.1. The van der Waals surface area contributed by atoms with Crippen LogP contribution in [0.2, 0.25) is 0 Å². The molecule has 6 heteroatoms. The van der Waals surface area contributed by atoms with Gasteiger partial charge in [-0.1, -0.05) is 61.6 Å². The number of hydrogen-bond acceptors (Lipinski definition) is 4. The molecule has 0 unspecified atom stereocenters. The molecule has 0 radical (unpaired) electrons. The maximum atomic E-state index is 13.8. The summed E-state index contributed by atoms with van der Waals surface area (Å²) in [6.45, 7) is 2.76. The molecule has 2 aromatic rings. The molecule has 6 nitrogen and oxygen atoms in total. The van der Waals surface area contributed by atoms with Gasteiger partial charge in [-0.3, -0.25) is 9.59 Å². The summed E-state index contributed by atoms with van der Waals surface area (Å²) >= 11 is 0. The quantitative estimate of drug-likeness (QED) is 0.671. The largest absolute Gasteiger partial charge is 0.454 e. The van der Waals surface area contributed by atoms with Crippen LogP contribution in [0.15, 0.2) is 42.5 Å². The van der Waals surface area contributed by atoms with E-state index in [9.17, 15) is 9.59 Å². The minimum absolute atomic E-state index is 0.00270. The Morgan fingerprint density at radius 2 is 1.62 bits per heavy atom. The molecule has 2 heterocycles. The number of fused-ring (bicyclic) bond motifs is 1. The van der Waals surface area contributed by atoms with Gasteiger partial charge in [0, 0.05) is 12.6 Å². The van der Waals surface area contributed by atoms with Crippen LogP contribution in [0, 0.1) is 6.92 Å². The predicted octanol–water partition coefficient (Wildman–Crippen LogP) is 4.36. The molecule has 1 atom stereocenters. The molecule has 2 aromatic carbocycles. The van der Waals surface area contributed by atoms with Crippen molar-refractivity contribution in [3.63, 3.8) is 0 Å². The smallest absolute Gasteiger partial charge is 0.250 e. The number of benzene rings is 2. The number of aryl methyl sites for hydroxylation is 1. The van der Waals surface area contributed by atoms with E-state index in [0.717, 1.165) is 42.4 Å². The molecule has 1 saturated carbocycles. The van der Waals surface area contributed by atoms with Crippen molar-refractivity contribution in [1.82, 2.24) is 9.80 Å². The van der Waals surface area contributed by atoms with Crippen LogP contribution in [0.25, 0.3) is 0 Å². The first-order chi connectivity index (χ1) is 15.6. The van der Waals surface area contributed by atoms with Crippen molar-refractivity contribution >= 4 is 11.8 Å². The topological polar surface area (TPSA) is 59.1 Å². The lowest BCUT2D eigenvalue weighted by molar-refractivity contribution is -0.159. The average molecular weight is 435 g/mol. The standard InChI is InChI=1S/C26H30N2O4/c1-18-8-11-20(12-9-18)25-26(30)27(21-6-4-2-3-5-7-21)16-24(29)28(25)15-19-10-13-22-23(14-19)32-17-31-22/h8-14,21,25H,2-7,15-17H2,1H3/t25-/m1/s1. The molecule has 3 aliphatic rings. The van der Waals surface area contributed by atoms with Crippen molar-refractivity contribution in [1.29, 1.82) is 0 Å². The van der Waals surface area contributed by atoms with E-state index in [4.69, 9.17) is 9.47 Å². The van der Waals surface area contributed by atoms with E-state index in [-0.39, 0.29) is 31.2 Å². The molecule has 0 N–H and O–H groups in total. The molecule has 168 valence electrons. The normalized spacial score (nSPS) is 21.7. The zero-order valence-electron chi connectivity index (χ0n) is 18.6. The Hall–Kier alpha value is -3.02. The van der Waals surface area contributed by atoms with Crippen LogP contribution in [0.4, 0.5) is 0 Å². The van der Waals surface area contributed by atoms with Crippen LogP contribution in [-0.4, -0.2) is 41.0 Å². The van der Waals surface area contributed by atoms with Crippen LogP contribution in [0.3, 0.4) is 0 Å². The van der Waals surface area contributed by atoms with E-state index in [0.29, 0.717) is 18.0 Å². The van der Waals surface area contributed by atoms with Crippen LogP contribution in [-0.2, 0) is 16.1 Å². The number of rotatable bonds is 4. The van der Waals surface area contributed by atoms with Gasteiger partial charge >= 0.3 is 0 Å². The van der Waals surface area contributed by atoms with Crippen molar-refractivity contribution in [2.24, 2.45) is 0 Å². The number of carbonyl (C=O) groups is 2. The van der Waals surface area contributed by atoms with Gasteiger partial charge in [0.05, 0.1) is 0 Å². The second-order valence-corrected chi connectivity index (χ2v) is 9.13. The summed E-state index contributed by atoms with van der Waals surface area (Å²) in [5.41, 5.74) is 2.93. The summed E-state index contributed by atoms with van der Waals surface area (Å²) in [5, 5.41) is 0. The molecule has 32 heavy (non-hydrogen) atoms. The summed E-state index contributed by atoms with van der Waals surface area (Å²) in [4.78, 5) is 30.9. The van der Waals surface area contributed by atoms with E-state index in [1.807, 2.05) is 54.3 Å². The van der Waals surface area contributed by atoms with Crippen molar-refractivity contribution < 1.29 is 19.1 Å². The highest BCUT2D eigenvalue weighted by molar-refractivity contribution is 5.95. The second kappa shape index (κ2) is 8.85. The number of nitrogens with zero attached hydrogens (tertiary/aromatic N) is 2. The maximum absolute atomic E-state index is 13.8. The SMILES string of the molecule is Cc1ccc([C@@H]2C(=O)N(C3CCCCCC3)CC(=O)N2Cc2ccc3c(c2)OCO3)cc1. The van der Waals surface area contributed by atoms with E-state index in [1.165, 1.54) is 12.8 Å². The molecular weight excluding hydrogens is 404 g/mol. The molecule has 1 saturated heterocycles. The highest BCUT2D eigenvalue weighted by Crippen LogP contribution is 2.36. The molecule has 0 bridgehead atoms. The predicted molar refractivity (Wildman–Crippen MR) is 120 cm³/mol. The molecule has 5 rings (SSSR count). The molecular formula is C26H30N2O4. The summed E-state index contributed by atoms with van der Waals surface area (Å²) in [6.07, 6.45) is 6.65. The Kier molecular flexibility index (Phi) is 5.77. The molecule has 0 aromatic heterocycles. The van der Waals surface area contributed by atoms with Gasteiger partial charge < -0.3 is 19.3 Å². The summed E-state index contributed by atoms with van der Waals surface area (Å²) in [5.74, 6) is 1.44. The van der Waals surface area contributed by atoms with Gasteiger partial charge in [0.1, 0.15) is 12.6 Å². The number of piperazine rings is 1. The Balaban J connectivity index is 1.46. The van der Waals surface area contributed by atoms with Gasteiger partial charge in [-0.2, -0.15) is 0 Å². The third-order valence-corrected chi connectivity index (χ3v) is 6.90. The lowest BCUT2D eigenvalue weighted by atomic mass is 9.96. The van der Waals surface area contributed by atoms with Gasteiger partial charge in [0.25, 0.3) is 5.91 Å². The van der Waals surface area contributed by atoms with E-state index in [2.05, 4.69) is 0 Å². The molecule has 2 aliphatic heterocycles. The van der Waals surface area contributed by atoms with Crippen molar-refractivity contribution in [2.45, 2.75) is 64.1 Å². The molecule has 1 aliphatic carbocycles. The lowest BCUT2D eigenvalue weighted by Crippen LogP contribution is -2.57. The Morgan fingerprint density at radius 3 is 2.38 bits per heavy atom. The van der Waals surface area contributed by atoms with Crippen LogP contribution in [0.1, 0.15) is 61.3 Å². The second-order valence-electron chi connectivity index (χ2n) is 9.13. The van der Waals surface area contributed by atoms with E-state index in [1.54, 1.807) is 4.90 Å². The fraction of sp³-hybridized carbons (Fsp3) is 0.462. The van der Waals surface area contributed by atoms with Crippen LogP contribution in [0.5, 0.6) is 11.5 Å². The maximum Gasteiger partial charge on any atom is 0.250 e. The summed E-state index contributed by atoms with van der Waals surface area (Å²) in [7, 11) is 0. The first kappa shape index (κ1) is 20.9. The third-order valence-electron chi connectivity index (χ3n) is 6.90. The highest BCUT2D eigenvalue weighted by atomic mass is 16.7. The highest BCUT2D eigenvalue weighted by Gasteiger charge is 2.42. The first-order valence-corrected chi connectivity index (χ1v) is 11.7. The Labute approximate surface area is 189 Å². The summed E-state index contributed by atoms with van der Waals surface area (Å²) < 4.78 is 10.9. The van der Waals surface area contributed by atoms with Gasteiger partial charge in [0.15, 0.2) is 11.5 Å². The number of ether oxygens (including phenoxy) is 2. The van der Waals surface area contributed by atoms with Crippen molar-refractivity contribution in [3.8, 4) is 11.5 Å². The van der Waals surface area contributed by atoms with Gasteiger partial charge in [-0.25, -0.2) is 0 Å². The Morgan fingerprint density at radius 1 is 0.906 bits per heavy atom. The third kappa shape index (κ3) is 4.06. The minimum Gasteiger partial charge on any atom is -0.454 e. The fourth-order valence-electron chi connectivity index (χ4n) is 5.11. The van der Waals surface area contributed by atoms with Gasteiger partial charge in [0.2, 0.25) is 12.7 Å². The molecule has 2 fully saturated rings. The van der Waals surface area contributed by atoms with E-state index < -0.39 is 6.04 Å². The van der Waals surface area contributed by atoms with E-state index >= 15 is 0 Å². The Bertz CT molecular complexity index is 995. The number of hydrogen-bond donors (Lipinski definition) is 0. The summed E-state index contributed by atoms with van der Waals surface area (Å²) in [6, 6.07) is 13.3. The molecule has 2 amide bonds. The van der Waals surface area contributed by atoms with Crippen LogP contribution < -0.4 is 9.47 Å². The van der Waals surface area contributed by atoms with Gasteiger partial charge in [-0.05, 0) is 43.0 Å². The van der Waals surface area contributed by atoms with Crippen LogP contribution >= 0.6 is 0 Å². The number of carbonyl (C=O) groups excluding carboxylic acids is 2. The first-order valence-electron chi connectivity index (χ1n) is 11.7. The molecule has 0 spiro atoms. The van der Waals surface area contributed by atoms with Crippen molar-refractivity contribution in [2.75, 3.05) is 13.3 Å². The minimum atomic E-state index is -0.606. The average Bonchev–Trinajstić information content (AvgIpc) is 3.09. The lowest BCUT2D eigenvalue weighted by Gasteiger charge is -2.43. The zero-order valence-corrected chi connectivity index (χ0v) is 18.6. The fourth-order valence-corrected chi connectivity index (χ4v) is 5.11.